The monoisotopic (exact) mass is 464 g/mol. The molecule has 1 amide bonds. The average molecular weight is 465 g/mol. The number of nitrogens with zero attached hydrogens (tertiary/aromatic N) is 1. The van der Waals surface area contributed by atoms with Crippen LogP contribution in [-0.4, -0.2) is 27.0 Å². The molecule has 1 aliphatic heterocycles. The Kier molecular flexibility index (Phi) is 6.17. The number of carbonyl (C=O) groups excluding carboxylic acids is 1. The molecule has 3 aromatic rings. The molecule has 6 nitrogen and oxygen atoms in total. The van der Waals surface area contributed by atoms with Gasteiger partial charge in [-0.05, 0) is 68.1 Å². The lowest BCUT2D eigenvalue weighted by Crippen LogP contribution is -2.49. The number of hydrogen-bond donors (Lipinski definition) is 1. The fourth-order valence-electron chi connectivity index (χ4n) is 3.97. The van der Waals surface area contributed by atoms with Gasteiger partial charge in [0.2, 0.25) is 0 Å². The highest BCUT2D eigenvalue weighted by Crippen LogP contribution is 2.38. The molecule has 0 aliphatic carbocycles. The Balaban J connectivity index is 1.71. The second-order valence-electron chi connectivity index (χ2n) is 8.38. The molecular weight excluding hydrogens is 436 g/mol. The van der Waals surface area contributed by atoms with Gasteiger partial charge in [0, 0.05) is 5.69 Å². The van der Waals surface area contributed by atoms with Gasteiger partial charge in [-0.25, -0.2) is 8.42 Å². The fourth-order valence-corrected chi connectivity index (χ4v) is 5.44. The summed E-state index contributed by atoms with van der Waals surface area (Å²) in [4.78, 5) is 13.5. The largest absolute Gasteiger partial charge is 0.476 e. The number of hydrogen-bond acceptors (Lipinski definition) is 4. The molecule has 3 aromatic carbocycles. The highest BCUT2D eigenvalue weighted by Gasteiger charge is 2.37. The number of rotatable bonds is 5. The van der Waals surface area contributed by atoms with E-state index in [0.717, 1.165) is 34.4 Å². The highest BCUT2D eigenvalue weighted by molar-refractivity contribution is 7.92. The summed E-state index contributed by atoms with van der Waals surface area (Å²) in [5, 5.41) is 2.98. The van der Waals surface area contributed by atoms with Crippen LogP contribution in [0.2, 0.25) is 0 Å². The minimum absolute atomic E-state index is 0.120. The molecule has 0 radical (unpaired) electrons. The molecule has 1 aliphatic rings. The van der Waals surface area contributed by atoms with Gasteiger partial charge in [0.15, 0.2) is 6.10 Å². The van der Waals surface area contributed by atoms with Gasteiger partial charge in [-0.1, -0.05) is 48.9 Å². The number of nitrogens with one attached hydrogen (secondary N) is 1. The zero-order chi connectivity index (χ0) is 23.8. The van der Waals surface area contributed by atoms with Gasteiger partial charge in [0.05, 0.1) is 17.1 Å². The van der Waals surface area contributed by atoms with Crippen LogP contribution in [0, 0.1) is 20.8 Å². The summed E-state index contributed by atoms with van der Waals surface area (Å²) < 4.78 is 34.4. The second-order valence-corrected chi connectivity index (χ2v) is 10.2. The van der Waals surface area contributed by atoms with Crippen molar-refractivity contribution in [2.75, 3.05) is 16.2 Å². The number of benzene rings is 3. The predicted octanol–water partition coefficient (Wildman–Crippen LogP) is 4.77. The van der Waals surface area contributed by atoms with E-state index in [4.69, 9.17) is 4.74 Å². The molecule has 0 spiro atoms. The van der Waals surface area contributed by atoms with Crippen molar-refractivity contribution in [1.29, 1.82) is 0 Å². The maximum absolute atomic E-state index is 13.6. The smallest absolute Gasteiger partial charge is 0.267 e. The van der Waals surface area contributed by atoms with Crippen molar-refractivity contribution in [3.63, 3.8) is 0 Å². The lowest BCUT2D eigenvalue weighted by Gasteiger charge is -2.35. The standard InChI is InChI=1S/C26H28N2O4S/c1-5-20-8-6-7-19(4)25(20)27-26(29)24-16-28(22-14-11-18(3)15-23(22)32-24)33(30,31)21-12-9-17(2)10-13-21/h6-15,24H,5,16H2,1-4H3,(H,27,29). The number of amides is 1. The van der Waals surface area contributed by atoms with Gasteiger partial charge < -0.3 is 10.1 Å². The molecule has 172 valence electrons. The van der Waals surface area contributed by atoms with Crippen molar-refractivity contribution >= 4 is 27.3 Å². The first kappa shape index (κ1) is 22.9. The van der Waals surface area contributed by atoms with E-state index < -0.39 is 16.1 Å². The molecule has 0 saturated heterocycles. The summed E-state index contributed by atoms with van der Waals surface area (Å²) in [6, 6.07) is 17.9. The molecule has 1 unspecified atom stereocenters. The van der Waals surface area contributed by atoms with Crippen molar-refractivity contribution in [3.05, 3.63) is 82.9 Å². The number of para-hydroxylation sites is 1. The van der Waals surface area contributed by atoms with E-state index in [1.165, 1.54) is 4.31 Å². The Hall–Kier alpha value is -3.32. The van der Waals surface area contributed by atoms with E-state index >= 15 is 0 Å². The van der Waals surface area contributed by atoms with E-state index in [0.29, 0.717) is 11.4 Å². The number of carbonyl (C=O) groups is 1. The van der Waals surface area contributed by atoms with Crippen LogP contribution in [-0.2, 0) is 21.2 Å². The molecule has 33 heavy (non-hydrogen) atoms. The first-order valence-corrected chi connectivity index (χ1v) is 12.4. The first-order chi connectivity index (χ1) is 15.7. The Morgan fingerprint density at radius 3 is 2.42 bits per heavy atom. The first-order valence-electron chi connectivity index (χ1n) is 11.0. The number of ether oxygens (including phenoxy) is 1. The summed E-state index contributed by atoms with van der Waals surface area (Å²) >= 11 is 0. The molecule has 1 atom stereocenters. The summed E-state index contributed by atoms with van der Waals surface area (Å²) in [5.41, 5.74) is 5.01. The maximum atomic E-state index is 13.6. The lowest BCUT2D eigenvalue weighted by molar-refractivity contribution is -0.122. The Morgan fingerprint density at radius 1 is 1.03 bits per heavy atom. The van der Waals surface area contributed by atoms with Crippen molar-refractivity contribution in [2.24, 2.45) is 0 Å². The van der Waals surface area contributed by atoms with Crippen molar-refractivity contribution < 1.29 is 17.9 Å². The number of aryl methyl sites for hydroxylation is 4. The summed E-state index contributed by atoms with van der Waals surface area (Å²) in [7, 11) is -3.89. The molecule has 0 aromatic heterocycles. The third-order valence-corrected chi connectivity index (χ3v) is 7.67. The minimum atomic E-state index is -3.89. The Labute approximate surface area is 195 Å². The van der Waals surface area contributed by atoms with Gasteiger partial charge in [-0.2, -0.15) is 0 Å². The third kappa shape index (κ3) is 4.46. The van der Waals surface area contributed by atoms with Crippen molar-refractivity contribution in [1.82, 2.24) is 0 Å². The topological polar surface area (TPSA) is 75.7 Å². The van der Waals surface area contributed by atoms with Gasteiger partial charge in [-0.3, -0.25) is 9.10 Å². The minimum Gasteiger partial charge on any atom is -0.476 e. The van der Waals surface area contributed by atoms with Crippen LogP contribution >= 0.6 is 0 Å². The molecule has 1 heterocycles. The quantitative estimate of drug-likeness (QED) is 0.590. The fraction of sp³-hybridized carbons (Fsp3) is 0.269. The Bertz CT molecular complexity index is 1300. The summed E-state index contributed by atoms with van der Waals surface area (Å²) in [6.07, 6.45) is -0.234. The highest BCUT2D eigenvalue weighted by atomic mass is 32.2. The molecule has 0 saturated carbocycles. The van der Waals surface area contributed by atoms with Gasteiger partial charge in [0.1, 0.15) is 5.75 Å². The molecule has 1 N–H and O–H groups in total. The van der Waals surface area contributed by atoms with Crippen LogP contribution in [0.1, 0.15) is 29.2 Å². The predicted molar refractivity (Wildman–Crippen MR) is 130 cm³/mol. The van der Waals surface area contributed by atoms with Crippen LogP contribution in [0.5, 0.6) is 5.75 Å². The van der Waals surface area contributed by atoms with Crippen LogP contribution in [0.25, 0.3) is 0 Å². The van der Waals surface area contributed by atoms with Gasteiger partial charge in [0.25, 0.3) is 15.9 Å². The molecule has 7 heteroatoms. The zero-order valence-corrected chi connectivity index (χ0v) is 20.1. The molecule has 4 rings (SSSR count). The second kappa shape index (κ2) is 8.90. The molecule has 0 fully saturated rings. The summed E-state index contributed by atoms with van der Waals surface area (Å²) in [6.45, 7) is 7.64. The molecular formula is C26H28N2O4S. The number of fused-ring (bicyclic) bond motifs is 1. The van der Waals surface area contributed by atoms with Gasteiger partial charge >= 0.3 is 0 Å². The third-order valence-electron chi connectivity index (χ3n) is 5.87. The van der Waals surface area contributed by atoms with Crippen molar-refractivity contribution in [2.45, 2.75) is 45.1 Å². The van der Waals surface area contributed by atoms with Crippen LogP contribution in [0.4, 0.5) is 11.4 Å². The Morgan fingerprint density at radius 2 is 1.73 bits per heavy atom. The van der Waals surface area contributed by atoms with E-state index in [9.17, 15) is 13.2 Å². The SMILES string of the molecule is CCc1cccc(C)c1NC(=O)C1CN(S(=O)(=O)c2ccc(C)cc2)c2ccc(C)cc2O1. The van der Waals surface area contributed by atoms with Crippen LogP contribution in [0.15, 0.2) is 65.6 Å². The lowest BCUT2D eigenvalue weighted by atomic mass is 10.1. The van der Waals surface area contributed by atoms with Crippen molar-refractivity contribution in [3.8, 4) is 5.75 Å². The maximum Gasteiger partial charge on any atom is 0.267 e. The number of sulfonamides is 1. The number of anilines is 2. The van der Waals surface area contributed by atoms with Crippen LogP contribution in [0.3, 0.4) is 0 Å². The normalized spacial score (nSPS) is 15.5. The van der Waals surface area contributed by atoms with E-state index in [1.54, 1.807) is 36.4 Å². The molecule has 0 bridgehead atoms. The van der Waals surface area contributed by atoms with Gasteiger partial charge in [-0.15, -0.1) is 0 Å². The average Bonchev–Trinajstić information content (AvgIpc) is 2.79. The van der Waals surface area contributed by atoms with E-state index in [2.05, 4.69) is 5.32 Å². The zero-order valence-electron chi connectivity index (χ0n) is 19.3. The van der Waals surface area contributed by atoms with Crippen LogP contribution < -0.4 is 14.4 Å². The van der Waals surface area contributed by atoms with E-state index in [-0.39, 0.29) is 17.3 Å². The summed E-state index contributed by atoms with van der Waals surface area (Å²) in [5.74, 6) is -0.00662. The van der Waals surface area contributed by atoms with E-state index in [1.807, 2.05) is 52.0 Å².